The minimum Gasteiger partial charge on any atom is -0.493 e. The number of rotatable bonds is 14. The number of nitrogens with one attached hydrogen (secondary N) is 1. The summed E-state index contributed by atoms with van der Waals surface area (Å²) in [5.41, 5.74) is 3.47. The lowest BCUT2D eigenvalue weighted by Gasteiger charge is -2.35. The summed E-state index contributed by atoms with van der Waals surface area (Å²) >= 11 is 6.65. The van der Waals surface area contributed by atoms with Crippen LogP contribution in [-0.4, -0.2) is 58.0 Å². The first kappa shape index (κ1) is 37.7. The highest BCUT2D eigenvalue weighted by Crippen LogP contribution is 2.33. The van der Waals surface area contributed by atoms with E-state index in [1.54, 1.807) is 24.3 Å². The predicted octanol–water partition coefficient (Wildman–Crippen LogP) is 7.26. The van der Waals surface area contributed by atoms with Crippen molar-refractivity contribution in [1.82, 2.24) is 10.2 Å². The Morgan fingerprint density at radius 3 is 2.14 bits per heavy atom. The second-order valence-electron chi connectivity index (χ2n) is 13.0. The molecule has 1 aliphatic rings. The summed E-state index contributed by atoms with van der Waals surface area (Å²) in [6.07, 6.45) is 5.13. The second-order valence-corrected chi connectivity index (χ2v) is 15.3. The van der Waals surface area contributed by atoms with Crippen LogP contribution >= 0.6 is 11.6 Å². The maximum atomic E-state index is 14.9. The molecule has 0 spiro atoms. The fourth-order valence-electron chi connectivity index (χ4n) is 6.64. The number of hydrogen-bond donors (Lipinski definition) is 1. The number of nitrogens with zero attached hydrogens (tertiary/aromatic N) is 2. The number of hydrogen-bond acceptors (Lipinski definition) is 6. The van der Waals surface area contributed by atoms with Crippen LogP contribution in [0.2, 0.25) is 5.02 Å². The molecule has 0 aromatic heterocycles. The van der Waals surface area contributed by atoms with Crippen LogP contribution in [0.3, 0.4) is 0 Å². The molecule has 0 heterocycles. The molecule has 51 heavy (non-hydrogen) atoms. The first-order valence-corrected chi connectivity index (χ1v) is 19.0. The smallest absolute Gasteiger partial charge is 0.264 e. The Morgan fingerprint density at radius 2 is 1.49 bits per heavy atom. The summed E-state index contributed by atoms with van der Waals surface area (Å²) in [7, 11) is -1.46. The molecular formula is C40H46ClN3O6S. The van der Waals surface area contributed by atoms with Gasteiger partial charge >= 0.3 is 0 Å². The summed E-state index contributed by atoms with van der Waals surface area (Å²) in [6.45, 7) is 3.15. The van der Waals surface area contributed by atoms with E-state index in [2.05, 4.69) is 5.32 Å². The molecule has 1 aliphatic carbocycles. The molecule has 11 heteroatoms. The van der Waals surface area contributed by atoms with E-state index in [0.29, 0.717) is 22.0 Å². The van der Waals surface area contributed by atoms with E-state index in [4.69, 9.17) is 21.1 Å². The number of carbonyl (C=O) groups excluding carboxylic acids is 2. The topological polar surface area (TPSA) is 105 Å². The molecule has 4 aromatic rings. The van der Waals surface area contributed by atoms with Gasteiger partial charge in [-0.3, -0.25) is 13.9 Å². The summed E-state index contributed by atoms with van der Waals surface area (Å²) in [6, 6.07) is 25.4. The van der Waals surface area contributed by atoms with Crippen LogP contribution in [0.5, 0.6) is 11.5 Å². The number of methoxy groups -OCH3 is 2. The number of sulfonamides is 1. The first-order valence-electron chi connectivity index (χ1n) is 17.2. The Balaban J connectivity index is 1.61. The Kier molecular flexibility index (Phi) is 12.7. The van der Waals surface area contributed by atoms with E-state index in [0.717, 1.165) is 53.1 Å². The van der Waals surface area contributed by atoms with Gasteiger partial charge in [-0.05, 0) is 79.3 Å². The summed E-state index contributed by atoms with van der Waals surface area (Å²) in [5.74, 6) is -0.248. The van der Waals surface area contributed by atoms with E-state index < -0.39 is 28.5 Å². The van der Waals surface area contributed by atoms with E-state index in [1.165, 1.54) is 37.3 Å². The quantitative estimate of drug-likeness (QED) is 0.147. The van der Waals surface area contributed by atoms with E-state index in [9.17, 15) is 18.0 Å². The molecule has 0 aliphatic heterocycles. The fraction of sp³-hybridized carbons (Fsp3) is 0.350. The Labute approximate surface area is 306 Å². The lowest BCUT2D eigenvalue weighted by Crippen LogP contribution is -2.55. The van der Waals surface area contributed by atoms with Gasteiger partial charge in [-0.25, -0.2) is 8.42 Å². The van der Waals surface area contributed by atoms with Gasteiger partial charge in [0, 0.05) is 30.1 Å². The molecule has 1 unspecified atom stereocenters. The van der Waals surface area contributed by atoms with Gasteiger partial charge in [-0.2, -0.15) is 0 Å². The van der Waals surface area contributed by atoms with E-state index in [1.807, 2.05) is 62.4 Å². The van der Waals surface area contributed by atoms with Crippen molar-refractivity contribution in [2.24, 2.45) is 0 Å². The molecule has 270 valence electrons. The predicted molar refractivity (Wildman–Crippen MR) is 201 cm³/mol. The van der Waals surface area contributed by atoms with Crippen LogP contribution in [0.25, 0.3) is 0 Å². The molecule has 5 rings (SSSR count). The second kappa shape index (κ2) is 17.1. The SMILES string of the molecule is COc1ccc(S(=O)(=O)N(CC(=O)N(Cc2ccccc2Cl)C(Cc2ccccc2)C(=O)NC2CCCCC2)c2cc(C)cc(C)c2)cc1OC. The van der Waals surface area contributed by atoms with Crippen molar-refractivity contribution >= 4 is 39.1 Å². The Morgan fingerprint density at radius 1 is 0.843 bits per heavy atom. The third-order valence-corrected chi connectivity index (χ3v) is 11.4. The molecule has 0 radical (unpaired) electrons. The average Bonchev–Trinajstić information content (AvgIpc) is 3.12. The minimum atomic E-state index is -4.36. The first-order chi connectivity index (χ1) is 24.5. The Bertz CT molecular complexity index is 1910. The van der Waals surface area contributed by atoms with Gasteiger partial charge in [0.2, 0.25) is 11.8 Å². The molecule has 0 bridgehead atoms. The number of benzene rings is 4. The number of amides is 2. The highest BCUT2D eigenvalue weighted by molar-refractivity contribution is 7.92. The van der Waals surface area contributed by atoms with Crippen molar-refractivity contribution < 1.29 is 27.5 Å². The van der Waals surface area contributed by atoms with Crippen LogP contribution in [0.15, 0.2) is 95.9 Å². The highest BCUT2D eigenvalue weighted by atomic mass is 35.5. The zero-order valence-corrected chi connectivity index (χ0v) is 31.2. The zero-order chi connectivity index (χ0) is 36.5. The van der Waals surface area contributed by atoms with Gasteiger partial charge in [0.15, 0.2) is 11.5 Å². The lowest BCUT2D eigenvalue weighted by atomic mass is 9.94. The van der Waals surface area contributed by atoms with Gasteiger partial charge in [-0.15, -0.1) is 0 Å². The van der Waals surface area contributed by atoms with Crippen molar-refractivity contribution in [3.05, 3.63) is 118 Å². The molecule has 1 N–H and O–H groups in total. The van der Waals surface area contributed by atoms with Crippen LogP contribution in [0.4, 0.5) is 5.69 Å². The standard InChI is InChI=1S/C40H46ClN3O6S/c1-28-21-29(2)23-33(22-28)44(51(47,48)34-19-20-37(49-3)38(25-34)50-4)27-39(45)43(26-31-15-11-12-18-35(31)41)36(24-30-13-7-5-8-14-30)40(46)42-32-16-9-6-10-17-32/h5,7-8,11-15,18-23,25,32,36H,6,9-10,16-17,24,26-27H2,1-4H3,(H,42,46). The van der Waals surface area contributed by atoms with Crippen molar-refractivity contribution in [2.75, 3.05) is 25.1 Å². The number of aryl methyl sites for hydroxylation is 2. The van der Waals surface area contributed by atoms with Crippen LogP contribution in [-0.2, 0) is 32.6 Å². The van der Waals surface area contributed by atoms with E-state index >= 15 is 0 Å². The molecular weight excluding hydrogens is 686 g/mol. The highest BCUT2D eigenvalue weighted by Gasteiger charge is 2.36. The number of carbonyl (C=O) groups is 2. The van der Waals surface area contributed by atoms with Crippen LogP contribution < -0.4 is 19.1 Å². The minimum absolute atomic E-state index is 0.000938. The molecule has 2 amide bonds. The van der Waals surface area contributed by atoms with Crippen LogP contribution in [0, 0.1) is 13.8 Å². The zero-order valence-electron chi connectivity index (χ0n) is 29.6. The third kappa shape index (κ3) is 9.42. The van der Waals surface area contributed by atoms with Gasteiger partial charge in [0.25, 0.3) is 10.0 Å². The molecule has 1 saturated carbocycles. The van der Waals surface area contributed by atoms with E-state index in [-0.39, 0.29) is 35.6 Å². The van der Waals surface area contributed by atoms with Crippen molar-refractivity contribution in [1.29, 1.82) is 0 Å². The number of halogens is 1. The molecule has 4 aromatic carbocycles. The normalized spacial score (nSPS) is 14.0. The monoisotopic (exact) mass is 731 g/mol. The summed E-state index contributed by atoms with van der Waals surface area (Å²) < 4.78 is 41.1. The van der Waals surface area contributed by atoms with Gasteiger partial charge in [0.05, 0.1) is 24.8 Å². The third-order valence-electron chi connectivity index (χ3n) is 9.24. The molecule has 1 fully saturated rings. The fourth-order valence-corrected chi connectivity index (χ4v) is 8.25. The van der Waals surface area contributed by atoms with Crippen LogP contribution in [0.1, 0.15) is 54.4 Å². The largest absolute Gasteiger partial charge is 0.493 e. The summed E-state index contributed by atoms with van der Waals surface area (Å²) in [4.78, 5) is 30.6. The van der Waals surface area contributed by atoms with Crippen molar-refractivity contribution in [2.45, 2.75) is 75.9 Å². The van der Waals surface area contributed by atoms with Crippen molar-refractivity contribution in [3.63, 3.8) is 0 Å². The number of ether oxygens (including phenoxy) is 2. The molecule has 1 atom stereocenters. The maximum Gasteiger partial charge on any atom is 0.264 e. The lowest BCUT2D eigenvalue weighted by molar-refractivity contribution is -0.140. The number of anilines is 1. The molecule has 9 nitrogen and oxygen atoms in total. The summed E-state index contributed by atoms with van der Waals surface area (Å²) in [5, 5.41) is 3.67. The van der Waals surface area contributed by atoms with Gasteiger partial charge in [0.1, 0.15) is 12.6 Å². The van der Waals surface area contributed by atoms with Gasteiger partial charge < -0.3 is 19.7 Å². The van der Waals surface area contributed by atoms with Gasteiger partial charge in [-0.1, -0.05) is 85.5 Å². The maximum absolute atomic E-state index is 14.9. The average molecular weight is 732 g/mol. The van der Waals surface area contributed by atoms with Crippen molar-refractivity contribution in [3.8, 4) is 11.5 Å². The molecule has 0 saturated heterocycles. The Hall–Kier alpha value is -4.54.